The van der Waals surface area contributed by atoms with Crippen LogP contribution in [-0.4, -0.2) is 108 Å². The minimum Gasteiger partial charge on any atom is -0.744 e. The Bertz CT molecular complexity index is 2010. The van der Waals surface area contributed by atoms with Gasteiger partial charge in [0.15, 0.2) is 0 Å². The summed E-state index contributed by atoms with van der Waals surface area (Å²) in [5, 5.41) is 5.43. The van der Waals surface area contributed by atoms with Gasteiger partial charge in [0.2, 0.25) is 34.4 Å². The summed E-state index contributed by atoms with van der Waals surface area (Å²) in [6.07, 6.45) is 2.39. The molecule has 264 valence electrons. The summed E-state index contributed by atoms with van der Waals surface area (Å²) in [6.45, 7) is 4.00. The summed E-state index contributed by atoms with van der Waals surface area (Å²) in [4.78, 5) is 27.4. The van der Waals surface area contributed by atoms with E-state index in [4.69, 9.17) is 32.7 Å². The van der Waals surface area contributed by atoms with Crippen molar-refractivity contribution in [1.82, 2.24) is 29.9 Å². The molecule has 6 rings (SSSR count). The van der Waals surface area contributed by atoms with Crippen LogP contribution >= 0.6 is 23.2 Å². The zero-order valence-corrected chi connectivity index (χ0v) is 34.8. The fraction of sp³-hybridized carbons (Fsp3) is 0.286. The topological polar surface area (TPSA) is 241 Å². The van der Waals surface area contributed by atoms with Crippen molar-refractivity contribution in [3.8, 4) is 0 Å². The first-order valence-corrected chi connectivity index (χ1v) is 18.3. The molecular weight excluding hydrogens is 785 g/mol. The molecule has 24 heteroatoms. The van der Waals surface area contributed by atoms with Crippen molar-refractivity contribution in [2.24, 2.45) is 0 Å². The maximum atomic E-state index is 12.3. The first-order valence-electron chi connectivity index (χ1n) is 14.7. The molecule has 2 aliphatic heterocycles. The first-order chi connectivity index (χ1) is 23.8. The largest absolute Gasteiger partial charge is 1.00 e. The maximum Gasteiger partial charge on any atom is 1.00 e. The molecular formula is C28H26Cl2N10Na2O8S2. The fourth-order valence-corrected chi connectivity index (χ4v) is 6.67. The average molecular weight is 812 g/mol. The first kappa shape index (κ1) is 42.5. The number of nitrogens with zero attached hydrogens (tertiary/aromatic N) is 8. The summed E-state index contributed by atoms with van der Waals surface area (Å²) < 4.78 is 84.4. The molecule has 0 unspecified atom stereocenters. The van der Waals surface area contributed by atoms with E-state index in [1.807, 2.05) is 9.80 Å². The Balaban J connectivity index is 0.00000302. The molecule has 2 aromatic heterocycles. The average Bonchev–Trinajstić information content (AvgIpc) is 3.07. The molecule has 4 heterocycles. The van der Waals surface area contributed by atoms with Crippen LogP contribution in [0.25, 0.3) is 12.2 Å². The quantitative estimate of drug-likeness (QED) is 0.0898. The number of rotatable bonds is 10. The van der Waals surface area contributed by atoms with Crippen molar-refractivity contribution in [2.75, 3.05) is 73.0 Å². The van der Waals surface area contributed by atoms with Gasteiger partial charge in [0.1, 0.15) is 20.2 Å². The molecule has 2 aliphatic rings. The van der Waals surface area contributed by atoms with Crippen LogP contribution in [0.1, 0.15) is 11.1 Å². The van der Waals surface area contributed by atoms with Crippen molar-refractivity contribution in [3.05, 3.63) is 58.1 Å². The van der Waals surface area contributed by atoms with Crippen molar-refractivity contribution >= 4 is 90.8 Å². The minimum atomic E-state index is -5.05. The summed E-state index contributed by atoms with van der Waals surface area (Å²) in [6, 6.07) is 7.66. The van der Waals surface area contributed by atoms with Gasteiger partial charge in [0.25, 0.3) is 0 Å². The molecule has 2 saturated heterocycles. The molecule has 18 nitrogen and oxygen atoms in total. The van der Waals surface area contributed by atoms with E-state index in [0.717, 1.165) is 12.1 Å². The third kappa shape index (κ3) is 11.1. The van der Waals surface area contributed by atoms with Crippen molar-refractivity contribution < 1.29 is 94.5 Å². The predicted octanol–water partition coefficient (Wildman–Crippen LogP) is -3.49. The van der Waals surface area contributed by atoms with E-state index in [0.29, 0.717) is 52.6 Å². The Morgan fingerprint density at radius 2 is 0.981 bits per heavy atom. The Hall–Kier alpha value is -2.28. The molecule has 2 aromatic carbocycles. The third-order valence-corrected chi connectivity index (χ3v) is 9.42. The van der Waals surface area contributed by atoms with Crippen LogP contribution in [0, 0.1) is 0 Å². The standard InChI is InChI=1S/C28H28Cl2N10O8S2.2Na/c29-23-33-25(37-27(35-23)39-7-11-47-12-8-39)31-19-5-3-17(21(15-19)49(41,42)43)1-2-18-4-6-20(16-22(18)50(44,45)46)32-26-34-24(30)36-28(38-26)40-9-13-48-14-10-40;;/h1-6,15-16H,7-14H2,(H,41,42,43)(H,44,45,46)(H,31,33,35,37)(H,32,34,36,38);;/q;2*+1/p-2. The molecule has 52 heavy (non-hydrogen) atoms. The van der Waals surface area contributed by atoms with E-state index < -0.39 is 30.0 Å². The summed E-state index contributed by atoms with van der Waals surface area (Å²) in [7, 11) is -10.1. The van der Waals surface area contributed by atoms with Crippen LogP contribution in [0.4, 0.5) is 35.2 Å². The van der Waals surface area contributed by atoms with Crippen LogP contribution in [0.15, 0.2) is 46.2 Å². The summed E-state index contributed by atoms with van der Waals surface area (Å²) in [5.41, 5.74) is 0.112. The zero-order valence-electron chi connectivity index (χ0n) is 27.7. The Kier molecular flexibility index (Phi) is 15.0. The Morgan fingerprint density at radius 3 is 1.33 bits per heavy atom. The fourth-order valence-electron chi connectivity index (χ4n) is 4.97. The van der Waals surface area contributed by atoms with Crippen molar-refractivity contribution in [1.29, 1.82) is 0 Å². The van der Waals surface area contributed by atoms with Gasteiger partial charge in [-0.1, -0.05) is 24.3 Å². The van der Waals surface area contributed by atoms with E-state index in [9.17, 15) is 25.9 Å². The van der Waals surface area contributed by atoms with Gasteiger partial charge in [-0.15, -0.1) is 0 Å². The molecule has 2 fully saturated rings. The van der Waals surface area contributed by atoms with Crippen molar-refractivity contribution in [3.63, 3.8) is 0 Å². The number of morpholine rings is 2. The van der Waals surface area contributed by atoms with Gasteiger partial charge in [-0.05, 0) is 58.6 Å². The zero-order chi connectivity index (χ0) is 35.5. The second-order valence-electron chi connectivity index (χ2n) is 10.7. The van der Waals surface area contributed by atoms with Crippen LogP contribution < -0.4 is 79.5 Å². The summed E-state index contributed by atoms with van der Waals surface area (Å²) in [5.74, 6) is 0.569. The molecule has 2 N–H and O–H groups in total. The monoisotopic (exact) mass is 810 g/mol. The van der Waals surface area contributed by atoms with E-state index >= 15 is 0 Å². The molecule has 4 aromatic rings. The second-order valence-corrected chi connectivity index (χ2v) is 14.0. The van der Waals surface area contributed by atoms with Crippen LogP contribution in [-0.2, 0) is 29.7 Å². The van der Waals surface area contributed by atoms with Crippen LogP contribution in [0.5, 0.6) is 0 Å². The number of ether oxygens (including phenoxy) is 2. The van der Waals surface area contributed by atoms with Gasteiger partial charge >= 0.3 is 59.1 Å². The maximum absolute atomic E-state index is 12.3. The number of halogens is 2. The Labute approximate surface area is 352 Å². The number of nitrogens with one attached hydrogen (secondary N) is 2. The number of benzene rings is 2. The number of hydrogen-bond donors (Lipinski definition) is 2. The van der Waals surface area contributed by atoms with E-state index in [-0.39, 0.29) is 116 Å². The van der Waals surface area contributed by atoms with Gasteiger partial charge in [0, 0.05) is 37.6 Å². The van der Waals surface area contributed by atoms with Gasteiger partial charge in [-0.2, -0.15) is 29.9 Å². The smallest absolute Gasteiger partial charge is 0.744 e. The van der Waals surface area contributed by atoms with Gasteiger partial charge < -0.3 is 39.0 Å². The van der Waals surface area contributed by atoms with E-state index in [2.05, 4.69) is 40.5 Å². The minimum absolute atomic E-state index is 0. The van der Waals surface area contributed by atoms with E-state index in [1.165, 1.54) is 36.4 Å². The molecule has 0 bridgehead atoms. The van der Waals surface area contributed by atoms with Gasteiger partial charge in [0.05, 0.1) is 36.2 Å². The second kappa shape index (κ2) is 18.4. The van der Waals surface area contributed by atoms with Gasteiger partial charge in [-0.3, -0.25) is 0 Å². The third-order valence-electron chi connectivity index (χ3n) is 7.30. The molecule has 0 amide bonds. The number of aromatic nitrogens is 6. The SMILES string of the molecule is O=S(=O)([O-])c1cc(Nc2nc(Cl)nc(N3CCOCC3)n2)ccc1C=Cc1ccc(Nc2nc(Cl)nc(N3CCOCC3)n2)cc1S(=O)(=O)[O-].[Na+].[Na+]. The number of anilines is 6. The molecule has 0 radical (unpaired) electrons. The van der Waals surface area contributed by atoms with E-state index in [1.54, 1.807) is 0 Å². The molecule has 0 saturated carbocycles. The summed E-state index contributed by atoms with van der Waals surface area (Å²) >= 11 is 12.2. The normalized spacial score (nSPS) is 15.2. The molecule has 0 atom stereocenters. The predicted molar refractivity (Wildman–Crippen MR) is 180 cm³/mol. The van der Waals surface area contributed by atoms with Crippen LogP contribution in [0.3, 0.4) is 0 Å². The molecule has 0 spiro atoms. The molecule has 0 aliphatic carbocycles. The Morgan fingerprint density at radius 1 is 0.615 bits per heavy atom. The van der Waals surface area contributed by atoms with Crippen molar-refractivity contribution in [2.45, 2.75) is 9.79 Å². The van der Waals surface area contributed by atoms with Crippen LogP contribution in [0.2, 0.25) is 10.6 Å². The number of hydrogen-bond acceptors (Lipinski definition) is 18. The van der Waals surface area contributed by atoms with Gasteiger partial charge in [-0.25, -0.2) is 16.8 Å².